The largest absolute Gasteiger partial charge is 0.351 e. The number of carbonyl (C=O) groups excluding carboxylic acids is 1. The highest BCUT2D eigenvalue weighted by Crippen LogP contribution is 2.07. The fourth-order valence-electron chi connectivity index (χ4n) is 2.22. The zero-order valence-corrected chi connectivity index (χ0v) is 12.6. The van der Waals surface area contributed by atoms with Gasteiger partial charge in [-0.05, 0) is 39.3 Å². The maximum atomic E-state index is 11.8. The second-order valence-corrected chi connectivity index (χ2v) is 7.70. The first-order chi connectivity index (χ1) is 8.78. The van der Waals surface area contributed by atoms with Crippen LogP contribution < -0.4 is 11.1 Å². The number of hydrogen-bond acceptors (Lipinski definition) is 5. The minimum Gasteiger partial charge on any atom is -0.351 e. The van der Waals surface area contributed by atoms with Crippen LogP contribution in [0.5, 0.6) is 0 Å². The number of amides is 1. The van der Waals surface area contributed by atoms with Crippen molar-refractivity contribution in [2.75, 3.05) is 31.6 Å². The third kappa shape index (κ3) is 6.89. The van der Waals surface area contributed by atoms with Crippen molar-refractivity contribution in [3.63, 3.8) is 0 Å². The number of nitrogens with one attached hydrogen (secondary N) is 1. The SMILES string of the molecule is CC(CN1CCCC1)NC(=O)C(N)CCS(C)(=O)=O. The van der Waals surface area contributed by atoms with Gasteiger partial charge in [0.25, 0.3) is 0 Å². The molecule has 2 atom stereocenters. The van der Waals surface area contributed by atoms with Crippen LogP contribution >= 0.6 is 0 Å². The van der Waals surface area contributed by atoms with Crippen molar-refractivity contribution in [1.29, 1.82) is 0 Å². The van der Waals surface area contributed by atoms with Crippen LogP contribution in [0.15, 0.2) is 0 Å². The second kappa shape index (κ2) is 7.21. The summed E-state index contributed by atoms with van der Waals surface area (Å²) in [6.45, 7) is 4.94. The Morgan fingerprint density at radius 1 is 1.37 bits per heavy atom. The van der Waals surface area contributed by atoms with Crippen LogP contribution in [0, 0.1) is 0 Å². The average molecular weight is 291 g/mol. The lowest BCUT2D eigenvalue weighted by Crippen LogP contribution is -2.48. The number of nitrogens with zero attached hydrogens (tertiary/aromatic N) is 1. The summed E-state index contributed by atoms with van der Waals surface area (Å²) in [4.78, 5) is 14.1. The molecular formula is C12H25N3O3S. The Bertz CT molecular complexity index is 391. The van der Waals surface area contributed by atoms with Crippen LogP contribution in [0.3, 0.4) is 0 Å². The minimum absolute atomic E-state index is 0.0369. The van der Waals surface area contributed by atoms with Gasteiger partial charge in [-0.1, -0.05) is 0 Å². The summed E-state index contributed by atoms with van der Waals surface area (Å²) in [6, 6.07) is -0.717. The molecule has 1 rings (SSSR count). The molecule has 6 nitrogen and oxygen atoms in total. The number of likely N-dealkylation sites (tertiary alicyclic amines) is 1. The molecule has 2 unspecified atom stereocenters. The molecule has 7 heteroatoms. The molecule has 1 aliphatic heterocycles. The average Bonchev–Trinajstić information content (AvgIpc) is 2.77. The highest BCUT2D eigenvalue weighted by molar-refractivity contribution is 7.90. The topological polar surface area (TPSA) is 92.5 Å². The molecule has 1 heterocycles. The Morgan fingerprint density at radius 3 is 2.47 bits per heavy atom. The summed E-state index contributed by atoms with van der Waals surface area (Å²) in [5.74, 6) is -0.322. The quantitative estimate of drug-likeness (QED) is 0.650. The van der Waals surface area contributed by atoms with E-state index in [4.69, 9.17) is 5.73 Å². The van der Waals surface area contributed by atoms with Crippen LogP contribution in [0.25, 0.3) is 0 Å². The molecule has 1 saturated heterocycles. The zero-order valence-electron chi connectivity index (χ0n) is 11.8. The van der Waals surface area contributed by atoms with E-state index in [9.17, 15) is 13.2 Å². The smallest absolute Gasteiger partial charge is 0.237 e. The minimum atomic E-state index is -3.07. The van der Waals surface area contributed by atoms with E-state index in [1.165, 1.54) is 12.8 Å². The summed E-state index contributed by atoms with van der Waals surface area (Å²) in [5, 5.41) is 2.84. The maximum Gasteiger partial charge on any atom is 0.237 e. The predicted octanol–water partition coefficient (Wildman–Crippen LogP) is -0.651. The third-order valence-electron chi connectivity index (χ3n) is 3.26. The van der Waals surface area contributed by atoms with Gasteiger partial charge in [-0.3, -0.25) is 4.79 Å². The summed E-state index contributed by atoms with van der Waals surface area (Å²) in [7, 11) is -3.07. The Balaban J connectivity index is 2.28. The molecule has 0 spiro atoms. The molecule has 3 N–H and O–H groups in total. The molecule has 0 aromatic rings. The van der Waals surface area contributed by atoms with Gasteiger partial charge in [-0.15, -0.1) is 0 Å². The van der Waals surface area contributed by atoms with E-state index in [-0.39, 0.29) is 24.1 Å². The monoisotopic (exact) mass is 291 g/mol. The summed E-state index contributed by atoms with van der Waals surface area (Å²) in [5.41, 5.74) is 5.69. The number of carbonyl (C=O) groups is 1. The molecule has 0 saturated carbocycles. The van der Waals surface area contributed by atoms with Crippen LogP contribution in [0.4, 0.5) is 0 Å². The van der Waals surface area contributed by atoms with Crippen molar-refractivity contribution in [3.05, 3.63) is 0 Å². The molecule has 0 radical (unpaired) electrons. The van der Waals surface area contributed by atoms with Crippen LogP contribution in [0.1, 0.15) is 26.2 Å². The van der Waals surface area contributed by atoms with Crippen molar-refractivity contribution in [1.82, 2.24) is 10.2 Å². The van der Waals surface area contributed by atoms with Gasteiger partial charge in [0.05, 0.1) is 11.8 Å². The van der Waals surface area contributed by atoms with Crippen molar-refractivity contribution in [3.8, 4) is 0 Å². The number of rotatable bonds is 7. The lowest BCUT2D eigenvalue weighted by Gasteiger charge is -2.22. The van der Waals surface area contributed by atoms with Crippen LogP contribution in [0.2, 0.25) is 0 Å². The van der Waals surface area contributed by atoms with E-state index in [1.807, 2.05) is 6.92 Å². The normalized spacial score (nSPS) is 20.2. The first kappa shape index (κ1) is 16.4. The Morgan fingerprint density at radius 2 is 1.95 bits per heavy atom. The molecule has 1 aliphatic rings. The Labute approximate surface area is 115 Å². The highest BCUT2D eigenvalue weighted by atomic mass is 32.2. The van der Waals surface area contributed by atoms with E-state index >= 15 is 0 Å². The van der Waals surface area contributed by atoms with Gasteiger partial charge < -0.3 is 16.0 Å². The van der Waals surface area contributed by atoms with E-state index in [1.54, 1.807) is 0 Å². The third-order valence-corrected chi connectivity index (χ3v) is 4.23. The fourth-order valence-corrected chi connectivity index (χ4v) is 2.90. The van der Waals surface area contributed by atoms with Gasteiger partial charge in [0.15, 0.2) is 0 Å². The zero-order chi connectivity index (χ0) is 14.5. The van der Waals surface area contributed by atoms with E-state index in [2.05, 4.69) is 10.2 Å². The Hall–Kier alpha value is -0.660. The standard InChI is InChI=1S/C12H25N3O3S/c1-10(9-15-6-3-4-7-15)14-12(16)11(13)5-8-19(2,17)18/h10-11H,3-9,13H2,1-2H3,(H,14,16). The predicted molar refractivity (Wildman–Crippen MR) is 75.6 cm³/mol. The molecule has 19 heavy (non-hydrogen) atoms. The van der Waals surface area contributed by atoms with Gasteiger partial charge in [0.1, 0.15) is 9.84 Å². The molecule has 1 fully saturated rings. The lowest BCUT2D eigenvalue weighted by molar-refractivity contribution is -0.123. The van der Waals surface area contributed by atoms with Crippen molar-refractivity contribution < 1.29 is 13.2 Å². The van der Waals surface area contributed by atoms with E-state index in [0.29, 0.717) is 0 Å². The first-order valence-corrected chi connectivity index (χ1v) is 8.80. The molecule has 0 aromatic carbocycles. The van der Waals surface area contributed by atoms with Crippen LogP contribution in [-0.2, 0) is 14.6 Å². The van der Waals surface area contributed by atoms with Gasteiger partial charge in [-0.2, -0.15) is 0 Å². The van der Waals surface area contributed by atoms with Gasteiger partial charge in [0.2, 0.25) is 5.91 Å². The number of hydrogen-bond donors (Lipinski definition) is 2. The van der Waals surface area contributed by atoms with Crippen molar-refractivity contribution >= 4 is 15.7 Å². The molecular weight excluding hydrogens is 266 g/mol. The molecule has 1 amide bonds. The van der Waals surface area contributed by atoms with E-state index in [0.717, 1.165) is 25.9 Å². The summed E-state index contributed by atoms with van der Waals surface area (Å²) >= 11 is 0. The summed E-state index contributed by atoms with van der Waals surface area (Å²) < 4.78 is 22.0. The number of sulfone groups is 1. The molecule has 112 valence electrons. The lowest BCUT2D eigenvalue weighted by atomic mass is 10.2. The van der Waals surface area contributed by atoms with Crippen LogP contribution in [-0.4, -0.2) is 63.0 Å². The van der Waals surface area contributed by atoms with Gasteiger partial charge in [-0.25, -0.2) is 8.42 Å². The number of nitrogens with two attached hydrogens (primary N) is 1. The summed E-state index contributed by atoms with van der Waals surface area (Å²) in [6.07, 6.45) is 3.75. The van der Waals surface area contributed by atoms with E-state index < -0.39 is 15.9 Å². The second-order valence-electron chi connectivity index (χ2n) is 5.44. The highest BCUT2D eigenvalue weighted by Gasteiger charge is 2.20. The Kier molecular flexibility index (Phi) is 6.22. The molecule has 0 aromatic heterocycles. The molecule has 0 aliphatic carbocycles. The fraction of sp³-hybridized carbons (Fsp3) is 0.917. The maximum absolute atomic E-state index is 11.8. The molecule has 0 bridgehead atoms. The van der Waals surface area contributed by atoms with Crippen molar-refractivity contribution in [2.45, 2.75) is 38.3 Å². The first-order valence-electron chi connectivity index (χ1n) is 6.74. The van der Waals surface area contributed by atoms with Crippen molar-refractivity contribution in [2.24, 2.45) is 5.73 Å². The van der Waals surface area contributed by atoms with Gasteiger partial charge in [0, 0.05) is 18.8 Å². The van der Waals surface area contributed by atoms with Gasteiger partial charge >= 0.3 is 0 Å².